The second-order valence-corrected chi connectivity index (χ2v) is 5.90. The third kappa shape index (κ3) is 3.07. The molecule has 2 heterocycles. The number of hydrogen-bond acceptors (Lipinski definition) is 6. The summed E-state index contributed by atoms with van der Waals surface area (Å²) in [5.74, 6) is 0.477. The van der Waals surface area contributed by atoms with Gasteiger partial charge in [-0.25, -0.2) is 15.0 Å². The third-order valence-electron chi connectivity index (χ3n) is 3.19. The first-order valence-electron chi connectivity index (χ1n) is 6.56. The highest BCUT2D eigenvalue weighted by atomic mass is 32.2. The number of thioether (sulfide) groups is 1. The molecule has 0 aliphatic heterocycles. The van der Waals surface area contributed by atoms with Crippen LogP contribution in [0.3, 0.4) is 0 Å². The molecule has 0 aromatic carbocycles. The molecular formula is C12H16N6OS. The summed E-state index contributed by atoms with van der Waals surface area (Å²) < 4.78 is 0. The van der Waals surface area contributed by atoms with Crippen LogP contribution in [0, 0.1) is 0 Å². The molecule has 8 heteroatoms. The number of nitrogens with one attached hydrogen (secondary N) is 2. The van der Waals surface area contributed by atoms with Gasteiger partial charge in [-0.1, -0.05) is 0 Å². The number of H-pyrrole nitrogens is 1. The number of aromatic amines is 1. The van der Waals surface area contributed by atoms with Crippen molar-refractivity contribution in [2.75, 3.05) is 5.75 Å². The third-order valence-corrected chi connectivity index (χ3v) is 4.21. The van der Waals surface area contributed by atoms with E-state index in [0.29, 0.717) is 18.1 Å². The van der Waals surface area contributed by atoms with Crippen LogP contribution in [0.1, 0.15) is 19.3 Å². The van der Waals surface area contributed by atoms with Crippen molar-refractivity contribution in [3.63, 3.8) is 0 Å². The molecule has 106 valence electrons. The Kier molecular flexibility index (Phi) is 3.83. The monoisotopic (exact) mass is 292 g/mol. The second kappa shape index (κ2) is 5.76. The maximum absolute atomic E-state index is 11.4. The molecular weight excluding hydrogens is 276 g/mol. The van der Waals surface area contributed by atoms with E-state index in [1.54, 1.807) is 18.1 Å². The maximum Gasteiger partial charge on any atom is 0.234 e. The molecule has 3 rings (SSSR count). The first-order valence-corrected chi connectivity index (χ1v) is 7.55. The van der Waals surface area contributed by atoms with Gasteiger partial charge in [0.2, 0.25) is 5.91 Å². The molecule has 2 aromatic rings. The minimum absolute atomic E-state index is 0.255. The van der Waals surface area contributed by atoms with Crippen LogP contribution in [-0.2, 0) is 4.79 Å². The van der Waals surface area contributed by atoms with Gasteiger partial charge in [-0.3, -0.25) is 4.79 Å². The summed E-state index contributed by atoms with van der Waals surface area (Å²) in [6.45, 7) is 0. The van der Waals surface area contributed by atoms with Crippen LogP contribution in [0.2, 0.25) is 0 Å². The highest BCUT2D eigenvalue weighted by molar-refractivity contribution is 7.99. The van der Waals surface area contributed by atoms with Gasteiger partial charge in [0.25, 0.3) is 0 Å². The zero-order valence-corrected chi connectivity index (χ0v) is 11.7. The Morgan fingerprint density at radius 2 is 2.35 bits per heavy atom. The Morgan fingerprint density at radius 1 is 1.50 bits per heavy atom. The number of nitrogens with zero attached hydrogens (tertiary/aromatic N) is 3. The Balaban J connectivity index is 1.58. The fourth-order valence-corrected chi connectivity index (χ4v) is 2.93. The average molecular weight is 292 g/mol. The van der Waals surface area contributed by atoms with E-state index in [0.717, 1.165) is 29.1 Å². The number of aromatic nitrogens is 4. The topological polar surface area (TPSA) is 110 Å². The lowest BCUT2D eigenvalue weighted by molar-refractivity contribution is -0.120. The molecule has 0 spiro atoms. The number of carbonyl (C=O) groups excluding carboxylic acids is 1. The highest BCUT2D eigenvalue weighted by Crippen LogP contribution is 2.24. The number of nitrogens with two attached hydrogens (primary N) is 1. The summed E-state index contributed by atoms with van der Waals surface area (Å²) in [5.41, 5.74) is 6.91. The lowest BCUT2D eigenvalue weighted by Gasteiger charge is -2.14. The molecule has 2 aromatic heterocycles. The normalized spacial score (nSPS) is 16.4. The van der Waals surface area contributed by atoms with E-state index < -0.39 is 0 Å². The molecule has 4 N–H and O–H groups in total. The van der Waals surface area contributed by atoms with E-state index >= 15 is 0 Å². The molecule has 1 fully saturated rings. The fourth-order valence-electron chi connectivity index (χ4n) is 1.97. The predicted octanol–water partition coefficient (Wildman–Crippen LogP) is 0.441. The summed E-state index contributed by atoms with van der Waals surface area (Å²) >= 11 is 1.58. The summed E-state index contributed by atoms with van der Waals surface area (Å²) in [5, 5.41) is 4.12. The van der Waals surface area contributed by atoms with Crippen molar-refractivity contribution >= 4 is 28.8 Å². The summed E-state index contributed by atoms with van der Waals surface area (Å²) in [4.78, 5) is 26.8. The van der Waals surface area contributed by atoms with Gasteiger partial charge < -0.3 is 16.0 Å². The van der Waals surface area contributed by atoms with Crippen molar-refractivity contribution in [1.82, 2.24) is 25.3 Å². The summed E-state index contributed by atoms with van der Waals surface area (Å²) in [7, 11) is 0. The van der Waals surface area contributed by atoms with Gasteiger partial charge in [0.15, 0.2) is 5.65 Å². The predicted molar refractivity (Wildman–Crippen MR) is 76.2 cm³/mol. The number of primary amides is 1. The molecule has 1 aliphatic carbocycles. The molecule has 7 nitrogen and oxygen atoms in total. The van der Waals surface area contributed by atoms with Crippen LogP contribution in [0.5, 0.6) is 0 Å². The van der Waals surface area contributed by atoms with E-state index in [1.807, 2.05) is 0 Å². The van der Waals surface area contributed by atoms with E-state index in [-0.39, 0.29) is 11.9 Å². The van der Waals surface area contributed by atoms with Crippen LogP contribution in [0.4, 0.5) is 0 Å². The van der Waals surface area contributed by atoms with Gasteiger partial charge in [0, 0.05) is 11.8 Å². The maximum atomic E-state index is 11.4. The first-order chi connectivity index (χ1) is 9.74. The van der Waals surface area contributed by atoms with E-state index in [1.165, 1.54) is 6.33 Å². The number of imidazole rings is 1. The second-order valence-electron chi connectivity index (χ2n) is 4.81. The minimum Gasteiger partial charge on any atom is -0.368 e. The molecule has 1 saturated carbocycles. The molecule has 1 amide bonds. The van der Waals surface area contributed by atoms with Crippen LogP contribution >= 0.6 is 11.8 Å². The molecule has 0 saturated heterocycles. The van der Waals surface area contributed by atoms with Crippen LogP contribution in [0.15, 0.2) is 17.7 Å². The minimum atomic E-state index is -0.285. The van der Waals surface area contributed by atoms with Crippen molar-refractivity contribution in [1.29, 1.82) is 0 Å². The van der Waals surface area contributed by atoms with Gasteiger partial charge >= 0.3 is 0 Å². The van der Waals surface area contributed by atoms with Gasteiger partial charge in [-0.2, -0.15) is 0 Å². The fraction of sp³-hybridized carbons (Fsp3) is 0.500. The van der Waals surface area contributed by atoms with Crippen molar-refractivity contribution in [3.05, 3.63) is 12.7 Å². The van der Waals surface area contributed by atoms with Gasteiger partial charge in [-0.15, -0.1) is 11.8 Å². The van der Waals surface area contributed by atoms with E-state index in [2.05, 4.69) is 25.3 Å². The van der Waals surface area contributed by atoms with E-state index in [4.69, 9.17) is 5.73 Å². The molecule has 0 bridgehead atoms. The number of fused-ring (bicyclic) bond motifs is 1. The number of amides is 1. The van der Waals surface area contributed by atoms with Gasteiger partial charge in [0.1, 0.15) is 16.9 Å². The van der Waals surface area contributed by atoms with Gasteiger partial charge in [0.05, 0.1) is 12.4 Å². The van der Waals surface area contributed by atoms with Crippen LogP contribution < -0.4 is 11.1 Å². The lowest BCUT2D eigenvalue weighted by Crippen LogP contribution is -2.42. The van der Waals surface area contributed by atoms with Crippen LogP contribution in [0.25, 0.3) is 11.2 Å². The van der Waals surface area contributed by atoms with Crippen molar-refractivity contribution in [2.24, 2.45) is 5.73 Å². The zero-order chi connectivity index (χ0) is 13.9. The Labute approximate surface area is 120 Å². The first kappa shape index (κ1) is 13.3. The van der Waals surface area contributed by atoms with E-state index in [9.17, 15) is 4.79 Å². The number of hydrogen-bond donors (Lipinski definition) is 3. The Hall–Kier alpha value is -1.67. The SMILES string of the molecule is NC(=O)C(CCSc1ncnc2nc[nH]c12)NC1CC1. The molecule has 1 unspecified atom stereocenters. The average Bonchev–Trinajstić information content (AvgIpc) is 3.11. The molecule has 1 atom stereocenters. The smallest absolute Gasteiger partial charge is 0.234 e. The van der Waals surface area contributed by atoms with Crippen molar-refractivity contribution in [2.45, 2.75) is 36.4 Å². The highest BCUT2D eigenvalue weighted by Gasteiger charge is 2.26. The van der Waals surface area contributed by atoms with Crippen molar-refractivity contribution in [3.8, 4) is 0 Å². The molecule has 0 radical (unpaired) electrons. The standard InChI is InChI=1S/C12H16N6OS/c13-10(19)8(18-7-1-2-7)3-4-20-12-9-11(15-5-14-9)16-6-17-12/h5-8,18H,1-4H2,(H2,13,19)(H,14,15,16,17). The van der Waals surface area contributed by atoms with Crippen LogP contribution in [-0.4, -0.2) is 43.7 Å². The van der Waals surface area contributed by atoms with Gasteiger partial charge in [-0.05, 0) is 19.3 Å². The molecule has 1 aliphatic rings. The zero-order valence-electron chi connectivity index (χ0n) is 10.9. The number of carbonyl (C=O) groups is 1. The van der Waals surface area contributed by atoms with Crippen molar-refractivity contribution < 1.29 is 4.79 Å². The largest absolute Gasteiger partial charge is 0.368 e. The number of rotatable bonds is 7. The Morgan fingerprint density at radius 3 is 3.10 bits per heavy atom. The summed E-state index contributed by atoms with van der Waals surface area (Å²) in [6, 6.07) is 0.213. The summed E-state index contributed by atoms with van der Waals surface area (Å²) in [6.07, 6.45) is 6.06. The Bertz CT molecular complexity index is 611. The lowest BCUT2D eigenvalue weighted by atomic mass is 10.2. The molecule has 20 heavy (non-hydrogen) atoms. The quantitative estimate of drug-likeness (QED) is 0.504.